The van der Waals surface area contributed by atoms with Gasteiger partial charge in [0, 0.05) is 19.6 Å². The first-order valence-corrected chi connectivity index (χ1v) is 10.4. The third kappa shape index (κ3) is 2.74. The Kier molecular flexibility index (Phi) is 5.32. The number of ether oxygens (including phenoxy) is 2. The maximum atomic E-state index is 12.9. The van der Waals surface area contributed by atoms with E-state index in [1.807, 2.05) is 18.2 Å². The van der Waals surface area contributed by atoms with Crippen molar-refractivity contribution in [3.8, 4) is 12.1 Å². The second-order valence-corrected chi connectivity index (χ2v) is 7.95. The van der Waals surface area contributed by atoms with Crippen LogP contribution in [-0.4, -0.2) is 25.0 Å². The van der Waals surface area contributed by atoms with Crippen LogP contribution in [-0.2, 0) is 14.3 Å². The molecule has 3 aliphatic heterocycles. The molecule has 5 rings (SSSR count). The zero-order chi connectivity index (χ0) is 21.2. The predicted octanol–water partition coefficient (Wildman–Crippen LogP) is 3.51. The number of carbonyl (C=O) groups is 1. The Hall–Kier alpha value is -3.16. The van der Waals surface area contributed by atoms with Gasteiger partial charge in [-0.05, 0) is 43.2 Å². The first-order chi connectivity index (χ1) is 14.6. The molecule has 3 atom stereocenters. The lowest BCUT2D eigenvalue weighted by Crippen LogP contribution is -2.52. The molecule has 7 nitrogen and oxygen atoms in total. The van der Waals surface area contributed by atoms with Crippen molar-refractivity contribution in [2.75, 3.05) is 13.2 Å². The summed E-state index contributed by atoms with van der Waals surface area (Å²) in [6.45, 7) is 2.00. The molecule has 2 N–H and O–H groups in total. The molecule has 1 aromatic carbocycles. The molecular weight excluding hydrogens is 380 g/mol. The molecule has 0 spiro atoms. The topological polar surface area (TPSA) is 119 Å². The van der Waals surface area contributed by atoms with Crippen molar-refractivity contribution in [3.63, 3.8) is 0 Å². The van der Waals surface area contributed by atoms with E-state index in [0.717, 1.165) is 26.1 Å². The molecule has 0 bridgehead atoms. The largest absolute Gasteiger partial charge is 0.488 e. The SMILES string of the molecule is C1CCOC1.N#C[C@]12C(=O)NC(=N)[C@@]1(C#N)[C@H](c1ccccc1)OC1=C2CCCC1. The maximum absolute atomic E-state index is 12.9. The number of nitrogens with one attached hydrogen (secondary N) is 2. The third-order valence-electron chi connectivity index (χ3n) is 6.36. The van der Waals surface area contributed by atoms with Crippen LogP contribution >= 0.6 is 0 Å². The Morgan fingerprint density at radius 1 is 1.03 bits per heavy atom. The number of hydrogen-bond acceptors (Lipinski definition) is 6. The van der Waals surface area contributed by atoms with Crippen LogP contribution in [0.2, 0.25) is 0 Å². The number of benzene rings is 1. The van der Waals surface area contributed by atoms with Crippen LogP contribution in [0.5, 0.6) is 0 Å². The van der Waals surface area contributed by atoms with Crippen LogP contribution in [0.1, 0.15) is 50.2 Å². The number of amidine groups is 1. The fourth-order valence-electron chi connectivity index (χ4n) is 4.87. The van der Waals surface area contributed by atoms with Gasteiger partial charge in [-0.2, -0.15) is 10.5 Å². The number of carbonyl (C=O) groups excluding carboxylic acids is 1. The number of fused-ring (bicyclic) bond motifs is 2. The van der Waals surface area contributed by atoms with Crippen LogP contribution in [0.25, 0.3) is 0 Å². The minimum Gasteiger partial charge on any atom is -0.488 e. The zero-order valence-corrected chi connectivity index (χ0v) is 16.7. The fraction of sp³-hybridized carbons (Fsp3) is 0.478. The lowest BCUT2D eigenvalue weighted by Gasteiger charge is -2.46. The van der Waals surface area contributed by atoms with E-state index in [9.17, 15) is 15.3 Å². The van der Waals surface area contributed by atoms with Crippen molar-refractivity contribution in [1.29, 1.82) is 15.9 Å². The van der Waals surface area contributed by atoms with Crippen LogP contribution in [0.15, 0.2) is 41.7 Å². The van der Waals surface area contributed by atoms with Crippen LogP contribution in [0.3, 0.4) is 0 Å². The first-order valence-electron chi connectivity index (χ1n) is 10.4. The fourth-order valence-corrected chi connectivity index (χ4v) is 4.87. The number of nitrogens with zero attached hydrogens (tertiary/aromatic N) is 2. The number of rotatable bonds is 1. The molecule has 2 fully saturated rings. The van der Waals surface area contributed by atoms with Crippen molar-refractivity contribution in [3.05, 3.63) is 47.2 Å². The van der Waals surface area contributed by atoms with E-state index in [4.69, 9.17) is 14.9 Å². The van der Waals surface area contributed by atoms with Crippen LogP contribution in [0.4, 0.5) is 0 Å². The molecule has 30 heavy (non-hydrogen) atoms. The quantitative estimate of drug-likeness (QED) is 0.742. The van der Waals surface area contributed by atoms with E-state index in [0.29, 0.717) is 29.7 Å². The second-order valence-electron chi connectivity index (χ2n) is 7.95. The average molecular weight is 404 g/mol. The zero-order valence-electron chi connectivity index (χ0n) is 16.7. The Morgan fingerprint density at radius 3 is 2.33 bits per heavy atom. The van der Waals surface area contributed by atoms with Crippen molar-refractivity contribution in [2.24, 2.45) is 10.8 Å². The normalized spacial score (nSPS) is 31.9. The summed E-state index contributed by atoms with van der Waals surface area (Å²) in [6, 6.07) is 13.4. The van der Waals surface area contributed by atoms with Gasteiger partial charge in [0.1, 0.15) is 5.84 Å². The Labute approximate surface area is 175 Å². The molecule has 0 saturated carbocycles. The molecule has 3 heterocycles. The molecule has 1 aliphatic carbocycles. The summed E-state index contributed by atoms with van der Waals surface area (Å²) in [5.41, 5.74) is -2.14. The molecule has 2 saturated heterocycles. The van der Waals surface area contributed by atoms with Crippen molar-refractivity contribution < 1.29 is 14.3 Å². The summed E-state index contributed by atoms with van der Waals surface area (Å²) in [5.74, 6) is -0.204. The van der Waals surface area contributed by atoms with E-state index in [1.54, 1.807) is 12.1 Å². The van der Waals surface area contributed by atoms with Crippen LogP contribution < -0.4 is 5.32 Å². The van der Waals surface area contributed by atoms with Gasteiger partial charge in [0.25, 0.3) is 5.91 Å². The smallest absolute Gasteiger partial charge is 0.252 e. The molecule has 0 unspecified atom stereocenters. The lowest BCUT2D eigenvalue weighted by molar-refractivity contribution is -0.129. The summed E-state index contributed by atoms with van der Waals surface area (Å²) in [5, 5.41) is 31.0. The standard InChI is InChI=1S/C19H16N4O2.C4H8O/c20-10-18-13-8-4-5-9-14(13)25-15(12-6-2-1-3-7-12)19(18,11-21)16(22)23-17(18)24;1-2-4-5-3-1/h1-3,6-7,15H,4-5,8-9H2,(H2,22,23,24);1-4H2/t15-,18-,19+;/m0./s1. The van der Waals surface area contributed by atoms with Gasteiger partial charge in [-0.15, -0.1) is 0 Å². The number of nitriles is 2. The molecule has 7 heteroatoms. The highest BCUT2D eigenvalue weighted by Crippen LogP contribution is 2.63. The third-order valence-corrected chi connectivity index (χ3v) is 6.36. The molecule has 154 valence electrons. The first kappa shape index (κ1) is 20.1. The number of hydrogen-bond donors (Lipinski definition) is 2. The van der Waals surface area contributed by atoms with Crippen LogP contribution in [0, 0.1) is 38.9 Å². The summed E-state index contributed by atoms with van der Waals surface area (Å²) >= 11 is 0. The molecule has 1 amide bonds. The summed E-state index contributed by atoms with van der Waals surface area (Å²) < 4.78 is 11.1. The van der Waals surface area contributed by atoms with Gasteiger partial charge in [-0.1, -0.05) is 30.3 Å². The Bertz CT molecular complexity index is 963. The molecule has 0 radical (unpaired) electrons. The van der Waals surface area contributed by atoms with Gasteiger partial charge in [0.05, 0.1) is 17.9 Å². The lowest BCUT2D eigenvalue weighted by atomic mass is 9.55. The van der Waals surface area contributed by atoms with Gasteiger partial charge in [-0.3, -0.25) is 10.2 Å². The van der Waals surface area contributed by atoms with Gasteiger partial charge in [0.2, 0.25) is 0 Å². The van der Waals surface area contributed by atoms with Gasteiger partial charge < -0.3 is 14.8 Å². The Morgan fingerprint density at radius 2 is 1.73 bits per heavy atom. The van der Waals surface area contributed by atoms with Gasteiger partial charge >= 0.3 is 0 Å². The molecular formula is C23H24N4O3. The van der Waals surface area contributed by atoms with E-state index in [2.05, 4.69) is 17.5 Å². The van der Waals surface area contributed by atoms with Gasteiger partial charge in [0.15, 0.2) is 16.9 Å². The second kappa shape index (κ2) is 7.93. The highest BCUT2D eigenvalue weighted by atomic mass is 16.5. The van der Waals surface area contributed by atoms with E-state index in [1.165, 1.54) is 12.8 Å². The maximum Gasteiger partial charge on any atom is 0.252 e. The minimum atomic E-state index is -1.70. The molecule has 0 aromatic heterocycles. The summed E-state index contributed by atoms with van der Waals surface area (Å²) in [6.07, 6.45) is 4.62. The van der Waals surface area contributed by atoms with Crippen molar-refractivity contribution >= 4 is 11.7 Å². The van der Waals surface area contributed by atoms with E-state index < -0.39 is 22.8 Å². The molecule has 4 aliphatic rings. The van der Waals surface area contributed by atoms with Crippen molar-refractivity contribution in [2.45, 2.75) is 44.6 Å². The number of amides is 1. The average Bonchev–Trinajstić information content (AvgIpc) is 3.44. The van der Waals surface area contributed by atoms with E-state index in [-0.39, 0.29) is 5.84 Å². The van der Waals surface area contributed by atoms with Gasteiger partial charge in [-0.25, -0.2) is 0 Å². The van der Waals surface area contributed by atoms with E-state index >= 15 is 0 Å². The summed E-state index contributed by atoms with van der Waals surface area (Å²) in [4.78, 5) is 12.9. The summed E-state index contributed by atoms with van der Waals surface area (Å²) in [7, 11) is 0. The van der Waals surface area contributed by atoms with Crippen molar-refractivity contribution in [1.82, 2.24) is 5.32 Å². The number of allylic oxidation sites excluding steroid dienone is 1. The highest BCUT2D eigenvalue weighted by molar-refractivity contribution is 6.16. The monoisotopic (exact) mass is 404 g/mol. The Balaban J connectivity index is 0.000000383. The highest BCUT2D eigenvalue weighted by Gasteiger charge is 2.74. The molecule has 1 aromatic rings. The minimum absolute atomic E-state index is 0.257. The predicted molar refractivity (Wildman–Crippen MR) is 108 cm³/mol.